The lowest BCUT2D eigenvalue weighted by molar-refractivity contribution is -0.145. The smallest absolute Gasteiger partial charge is 0.307 e. The van der Waals surface area contributed by atoms with Crippen LogP contribution in [0.15, 0.2) is 36.4 Å². The average molecular weight is 302 g/mol. The van der Waals surface area contributed by atoms with Crippen LogP contribution in [-0.2, 0) is 14.4 Å². The van der Waals surface area contributed by atoms with Gasteiger partial charge in [-0.2, -0.15) is 0 Å². The van der Waals surface area contributed by atoms with Gasteiger partial charge in [-0.05, 0) is 17.6 Å². The molecule has 0 bridgehead atoms. The summed E-state index contributed by atoms with van der Waals surface area (Å²) in [5, 5.41) is 9.05. The fourth-order valence-electron chi connectivity index (χ4n) is 2.05. The van der Waals surface area contributed by atoms with Crippen LogP contribution in [0.1, 0.15) is 38.7 Å². The molecule has 0 heterocycles. The van der Waals surface area contributed by atoms with Gasteiger partial charge in [-0.3, -0.25) is 14.4 Å². The molecule has 0 saturated carbocycles. The molecule has 4 nitrogen and oxygen atoms in total. The van der Waals surface area contributed by atoms with Crippen molar-refractivity contribution < 1.29 is 19.5 Å². The molecule has 22 heavy (non-hydrogen) atoms. The zero-order chi connectivity index (χ0) is 16.5. The average Bonchev–Trinajstić information content (AvgIpc) is 2.49. The molecule has 1 N–H and O–H groups in total. The van der Waals surface area contributed by atoms with Crippen molar-refractivity contribution >= 4 is 23.6 Å². The minimum absolute atomic E-state index is 0.0112. The van der Waals surface area contributed by atoms with Crippen LogP contribution in [0, 0.1) is 11.8 Å². The zero-order valence-corrected chi connectivity index (χ0v) is 13.0. The van der Waals surface area contributed by atoms with Gasteiger partial charge in [0.05, 0.1) is 5.92 Å². The number of carbonyl (C=O) groups is 3. The van der Waals surface area contributed by atoms with E-state index in [-0.39, 0.29) is 36.7 Å². The summed E-state index contributed by atoms with van der Waals surface area (Å²) < 4.78 is 0. The number of allylic oxidation sites excluding steroid dienone is 1. The van der Waals surface area contributed by atoms with Crippen molar-refractivity contribution in [3.8, 4) is 0 Å². The molecule has 0 aliphatic rings. The van der Waals surface area contributed by atoms with Gasteiger partial charge < -0.3 is 5.11 Å². The second-order valence-electron chi connectivity index (χ2n) is 5.64. The van der Waals surface area contributed by atoms with E-state index in [1.165, 1.54) is 6.08 Å². The lowest BCUT2D eigenvalue weighted by atomic mass is 9.89. The standard InChI is InChI=1S/C18H22O4/c1-13(2)17(18(21)22)12-16(20)11-10-15(19)9-8-14-6-4-3-5-7-14/h3-9,13,17H,10-12H2,1-2H3,(H,21,22)/b9-8+/t17-/m0/s1. The number of carboxylic acids is 1. The maximum absolute atomic E-state index is 11.8. The third-order valence-electron chi connectivity index (χ3n) is 3.48. The van der Waals surface area contributed by atoms with Gasteiger partial charge in [0.2, 0.25) is 0 Å². The highest BCUT2D eigenvalue weighted by molar-refractivity contribution is 5.96. The normalized spacial score (nSPS) is 12.5. The van der Waals surface area contributed by atoms with Gasteiger partial charge in [-0.15, -0.1) is 0 Å². The molecule has 0 radical (unpaired) electrons. The van der Waals surface area contributed by atoms with Gasteiger partial charge >= 0.3 is 5.97 Å². The van der Waals surface area contributed by atoms with Gasteiger partial charge in [0.15, 0.2) is 5.78 Å². The van der Waals surface area contributed by atoms with Crippen LogP contribution in [-0.4, -0.2) is 22.6 Å². The number of carboxylic acid groups (broad SMARTS) is 1. The first kappa shape index (κ1) is 17.8. The summed E-state index contributed by atoms with van der Waals surface area (Å²) in [6.07, 6.45) is 3.37. The van der Waals surface area contributed by atoms with E-state index in [1.807, 2.05) is 30.3 Å². The SMILES string of the molecule is CC(C)[C@H](CC(=O)CCC(=O)/C=C/c1ccccc1)C(=O)O. The Balaban J connectivity index is 2.42. The minimum Gasteiger partial charge on any atom is -0.481 e. The molecule has 0 spiro atoms. The fraction of sp³-hybridized carbons (Fsp3) is 0.389. The van der Waals surface area contributed by atoms with Crippen molar-refractivity contribution in [1.29, 1.82) is 0 Å². The van der Waals surface area contributed by atoms with E-state index < -0.39 is 11.9 Å². The monoisotopic (exact) mass is 302 g/mol. The highest BCUT2D eigenvalue weighted by atomic mass is 16.4. The van der Waals surface area contributed by atoms with Crippen molar-refractivity contribution in [3.05, 3.63) is 42.0 Å². The van der Waals surface area contributed by atoms with E-state index in [9.17, 15) is 14.4 Å². The third kappa shape index (κ3) is 6.48. The molecule has 0 saturated heterocycles. The molecule has 0 unspecified atom stereocenters. The molecule has 0 aromatic heterocycles. The van der Waals surface area contributed by atoms with E-state index in [2.05, 4.69) is 0 Å². The van der Waals surface area contributed by atoms with Crippen LogP contribution >= 0.6 is 0 Å². The quantitative estimate of drug-likeness (QED) is 0.710. The van der Waals surface area contributed by atoms with Crippen LogP contribution in [0.3, 0.4) is 0 Å². The molecule has 0 fully saturated rings. The third-order valence-corrected chi connectivity index (χ3v) is 3.48. The Morgan fingerprint density at radius 3 is 2.27 bits per heavy atom. The molecule has 118 valence electrons. The predicted octanol–water partition coefficient (Wildman–Crippen LogP) is 3.37. The summed E-state index contributed by atoms with van der Waals surface area (Å²) in [6, 6.07) is 9.42. The topological polar surface area (TPSA) is 71.4 Å². The molecule has 0 aliphatic heterocycles. The van der Waals surface area contributed by atoms with Crippen molar-refractivity contribution in [3.63, 3.8) is 0 Å². The molecule has 0 aliphatic carbocycles. The molecule has 0 amide bonds. The summed E-state index contributed by atoms with van der Waals surface area (Å²) in [4.78, 5) is 34.6. The number of Topliss-reactive ketones (excluding diaryl/α,β-unsaturated/α-hetero) is 1. The second kappa shape index (κ2) is 8.93. The van der Waals surface area contributed by atoms with Crippen molar-refractivity contribution in [2.75, 3.05) is 0 Å². The zero-order valence-electron chi connectivity index (χ0n) is 13.0. The number of hydrogen-bond donors (Lipinski definition) is 1. The summed E-state index contributed by atoms with van der Waals surface area (Å²) >= 11 is 0. The Morgan fingerprint density at radius 2 is 1.73 bits per heavy atom. The van der Waals surface area contributed by atoms with Crippen LogP contribution in [0.2, 0.25) is 0 Å². The number of aliphatic carboxylic acids is 1. The van der Waals surface area contributed by atoms with Crippen LogP contribution in [0.4, 0.5) is 0 Å². The van der Waals surface area contributed by atoms with Crippen molar-refractivity contribution in [2.45, 2.75) is 33.1 Å². The molecule has 4 heteroatoms. The minimum atomic E-state index is -0.960. The summed E-state index contributed by atoms with van der Waals surface area (Å²) in [5.41, 5.74) is 0.924. The molecule has 1 aromatic rings. The largest absolute Gasteiger partial charge is 0.481 e. The van der Waals surface area contributed by atoms with Crippen LogP contribution < -0.4 is 0 Å². The van der Waals surface area contributed by atoms with Gasteiger partial charge in [-0.1, -0.05) is 50.3 Å². The van der Waals surface area contributed by atoms with Crippen molar-refractivity contribution in [2.24, 2.45) is 11.8 Å². The van der Waals surface area contributed by atoms with Crippen LogP contribution in [0.5, 0.6) is 0 Å². The number of carbonyl (C=O) groups excluding carboxylic acids is 2. The lowest BCUT2D eigenvalue weighted by Crippen LogP contribution is -2.23. The van der Waals surface area contributed by atoms with Crippen LogP contribution in [0.25, 0.3) is 6.08 Å². The van der Waals surface area contributed by atoms with Gasteiger partial charge in [-0.25, -0.2) is 0 Å². The Labute approximate surface area is 130 Å². The van der Waals surface area contributed by atoms with E-state index in [0.717, 1.165) is 5.56 Å². The first-order valence-electron chi connectivity index (χ1n) is 7.40. The first-order valence-corrected chi connectivity index (χ1v) is 7.40. The summed E-state index contributed by atoms with van der Waals surface area (Å²) in [6.45, 7) is 3.56. The van der Waals surface area contributed by atoms with Gasteiger partial charge in [0, 0.05) is 19.3 Å². The van der Waals surface area contributed by atoms with Crippen molar-refractivity contribution in [1.82, 2.24) is 0 Å². The first-order chi connectivity index (χ1) is 10.4. The number of rotatable bonds is 9. The molecular weight excluding hydrogens is 280 g/mol. The van der Waals surface area contributed by atoms with E-state index in [0.29, 0.717) is 0 Å². The van der Waals surface area contributed by atoms with Gasteiger partial charge in [0.25, 0.3) is 0 Å². The highest BCUT2D eigenvalue weighted by Crippen LogP contribution is 2.17. The Hall–Kier alpha value is -2.23. The Kier molecular flexibility index (Phi) is 7.23. The number of benzene rings is 1. The predicted molar refractivity (Wildman–Crippen MR) is 85.3 cm³/mol. The van der Waals surface area contributed by atoms with E-state index >= 15 is 0 Å². The Bertz CT molecular complexity index is 543. The summed E-state index contributed by atoms with van der Waals surface area (Å²) in [7, 11) is 0. The van der Waals surface area contributed by atoms with E-state index in [4.69, 9.17) is 5.11 Å². The molecule has 1 aromatic carbocycles. The number of ketones is 2. The lowest BCUT2D eigenvalue weighted by Gasteiger charge is -2.14. The second-order valence-corrected chi connectivity index (χ2v) is 5.64. The molecule has 1 atom stereocenters. The Morgan fingerprint density at radius 1 is 1.09 bits per heavy atom. The highest BCUT2D eigenvalue weighted by Gasteiger charge is 2.24. The number of hydrogen-bond acceptors (Lipinski definition) is 3. The molecule has 1 rings (SSSR count). The molecular formula is C18H22O4. The maximum atomic E-state index is 11.8. The summed E-state index contributed by atoms with van der Waals surface area (Å²) in [5.74, 6) is -2.05. The maximum Gasteiger partial charge on any atom is 0.307 e. The fourth-order valence-corrected chi connectivity index (χ4v) is 2.05. The van der Waals surface area contributed by atoms with E-state index in [1.54, 1.807) is 19.9 Å². The van der Waals surface area contributed by atoms with Gasteiger partial charge in [0.1, 0.15) is 5.78 Å².